The second-order valence-corrected chi connectivity index (χ2v) is 9.03. The maximum atomic E-state index is 4.93. The Bertz CT molecular complexity index is 596. The van der Waals surface area contributed by atoms with Gasteiger partial charge in [0.1, 0.15) is 5.01 Å². The molecule has 0 fully saturated rings. The van der Waals surface area contributed by atoms with Crippen molar-refractivity contribution in [3.05, 3.63) is 37.5 Å². The lowest BCUT2D eigenvalue weighted by atomic mass is 9.95. The molecule has 0 amide bonds. The maximum Gasteiger partial charge on any atom is 0.115 e. The quantitative estimate of drug-likeness (QED) is 0.887. The Balaban J connectivity index is 1.91. The van der Waals surface area contributed by atoms with Gasteiger partial charge in [0.2, 0.25) is 0 Å². The number of thiazole rings is 1. The molecule has 2 nitrogen and oxygen atoms in total. The molecule has 1 atom stereocenters. The number of aryl methyl sites for hydroxylation is 2. The zero-order valence-electron chi connectivity index (χ0n) is 13.3. The van der Waals surface area contributed by atoms with Gasteiger partial charge < -0.3 is 5.32 Å². The summed E-state index contributed by atoms with van der Waals surface area (Å²) < 4.78 is 0. The highest BCUT2D eigenvalue weighted by molar-refractivity contribution is 7.13. The SMILES string of the molecule is CNC(c1ccc(C(C)(C)C)s1)c1nc2c(s1)CCCC2. The van der Waals surface area contributed by atoms with Gasteiger partial charge in [-0.25, -0.2) is 4.98 Å². The third kappa shape index (κ3) is 3.08. The first-order valence-corrected chi connectivity index (χ1v) is 9.38. The molecular formula is C17H24N2S2. The van der Waals surface area contributed by atoms with Gasteiger partial charge in [0, 0.05) is 14.6 Å². The molecule has 2 aromatic rings. The fraction of sp³-hybridized carbons (Fsp3) is 0.588. The molecule has 0 radical (unpaired) electrons. The first-order chi connectivity index (χ1) is 9.99. The first-order valence-electron chi connectivity index (χ1n) is 7.75. The molecule has 0 bridgehead atoms. The predicted octanol–water partition coefficient (Wildman–Crippen LogP) is 4.69. The van der Waals surface area contributed by atoms with E-state index in [1.807, 2.05) is 29.7 Å². The van der Waals surface area contributed by atoms with Crippen LogP contribution in [0.25, 0.3) is 0 Å². The molecular weight excluding hydrogens is 296 g/mol. The number of fused-ring (bicyclic) bond motifs is 1. The average Bonchev–Trinajstić information content (AvgIpc) is 3.05. The van der Waals surface area contributed by atoms with Crippen LogP contribution < -0.4 is 5.32 Å². The number of aromatic nitrogens is 1. The molecule has 2 heterocycles. The lowest BCUT2D eigenvalue weighted by Crippen LogP contribution is -2.16. The summed E-state index contributed by atoms with van der Waals surface area (Å²) >= 11 is 3.83. The standard InChI is InChI=1S/C17H24N2S2/c1-17(2,3)14-10-9-13(20-14)15(18-4)16-19-11-7-5-6-8-12(11)21-16/h9-10,15,18H,5-8H2,1-4H3. The van der Waals surface area contributed by atoms with E-state index >= 15 is 0 Å². The van der Waals surface area contributed by atoms with Crippen LogP contribution in [0.5, 0.6) is 0 Å². The van der Waals surface area contributed by atoms with Gasteiger partial charge in [-0.05, 0) is 50.3 Å². The van der Waals surface area contributed by atoms with Gasteiger partial charge in [-0.2, -0.15) is 0 Å². The molecule has 3 rings (SSSR count). The van der Waals surface area contributed by atoms with Crippen molar-refractivity contribution >= 4 is 22.7 Å². The van der Waals surface area contributed by atoms with Crippen molar-refractivity contribution in [2.75, 3.05) is 7.05 Å². The predicted molar refractivity (Wildman–Crippen MR) is 92.7 cm³/mol. The molecule has 0 spiro atoms. The number of hydrogen-bond acceptors (Lipinski definition) is 4. The maximum absolute atomic E-state index is 4.93. The van der Waals surface area contributed by atoms with Crippen LogP contribution in [0.1, 0.15) is 65.0 Å². The zero-order chi connectivity index (χ0) is 15.0. The van der Waals surface area contributed by atoms with Gasteiger partial charge in [0.05, 0.1) is 11.7 Å². The summed E-state index contributed by atoms with van der Waals surface area (Å²) in [5.41, 5.74) is 1.58. The third-order valence-corrected chi connectivity index (χ3v) is 6.85. The lowest BCUT2D eigenvalue weighted by molar-refractivity contribution is 0.604. The number of hydrogen-bond donors (Lipinski definition) is 1. The van der Waals surface area contributed by atoms with Gasteiger partial charge >= 0.3 is 0 Å². The normalized spacial score (nSPS) is 16.8. The molecule has 1 unspecified atom stereocenters. The van der Waals surface area contributed by atoms with Crippen molar-refractivity contribution in [3.8, 4) is 0 Å². The second-order valence-electron chi connectivity index (χ2n) is 6.80. The van der Waals surface area contributed by atoms with Crippen LogP contribution in [0.15, 0.2) is 12.1 Å². The van der Waals surface area contributed by atoms with E-state index in [0.717, 1.165) is 0 Å². The largest absolute Gasteiger partial charge is 0.307 e. The molecule has 0 aromatic carbocycles. The number of thiophene rings is 1. The van der Waals surface area contributed by atoms with Gasteiger partial charge in [0.25, 0.3) is 0 Å². The highest BCUT2D eigenvalue weighted by atomic mass is 32.1. The number of nitrogens with one attached hydrogen (secondary N) is 1. The van der Waals surface area contributed by atoms with Crippen LogP contribution in [-0.2, 0) is 18.3 Å². The summed E-state index contributed by atoms with van der Waals surface area (Å²) in [5, 5.41) is 4.71. The highest BCUT2D eigenvalue weighted by Gasteiger charge is 2.24. The van der Waals surface area contributed by atoms with E-state index in [1.54, 1.807) is 0 Å². The topological polar surface area (TPSA) is 24.9 Å². The fourth-order valence-corrected chi connectivity index (χ4v) is 5.33. The summed E-state index contributed by atoms with van der Waals surface area (Å²) in [5.74, 6) is 0. The van der Waals surface area contributed by atoms with E-state index in [2.05, 4.69) is 38.2 Å². The number of nitrogens with zero attached hydrogens (tertiary/aromatic N) is 1. The Morgan fingerprint density at radius 2 is 1.90 bits per heavy atom. The van der Waals surface area contributed by atoms with Crippen molar-refractivity contribution in [2.24, 2.45) is 0 Å². The molecule has 0 saturated carbocycles. The van der Waals surface area contributed by atoms with Gasteiger partial charge in [-0.3, -0.25) is 0 Å². The van der Waals surface area contributed by atoms with Crippen molar-refractivity contribution < 1.29 is 0 Å². The fourth-order valence-electron chi connectivity index (χ4n) is 2.79. The van der Waals surface area contributed by atoms with Crippen molar-refractivity contribution in [3.63, 3.8) is 0 Å². The molecule has 0 aliphatic heterocycles. The molecule has 4 heteroatoms. The first kappa shape index (κ1) is 15.2. The minimum absolute atomic E-state index is 0.226. The van der Waals surface area contributed by atoms with E-state index in [4.69, 9.17) is 4.98 Å². The molecule has 1 aliphatic carbocycles. The minimum atomic E-state index is 0.226. The van der Waals surface area contributed by atoms with Crippen LogP contribution in [-0.4, -0.2) is 12.0 Å². The summed E-state index contributed by atoms with van der Waals surface area (Å²) in [4.78, 5) is 9.28. The highest BCUT2D eigenvalue weighted by Crippen LogP contribution is 2.37. The smallest absolute Gasteiger partial charge is 0.115 e. The van der Waals surface area contributed by atoms with Crippen LogP contribution in [0.3, 0.4) is 0 Å². The molecule has 21 heavy (non-hydrogen) atoms. The van der Waals surface area contributed by atoms with E-state index in [0.29, 0.717) is 0 Å². The van der Waals surface area contributed by atoms with Gasteiger partial charge in [-0.1, -0.05) is 20.8 Å². The van der Waals surface area contributed by atoms with Gasteiger partial charge in [0.15, 0.2) is 0 Å². The van der Waals surface area contributed by atoms with Crippen LogP contribution >= 0.6 is 22.7 Å². The molecule has 0 saturated heterocycles. The minimum Gasteiger partial charge on any atom is -0.307 e. The third-order valence-electron chi connectivity index (χ3n) is 4.05. The molecule has 114 valence electrons. The van der Waals surface area contributed by atoms with Crippen LogP contribution in [0.2, 0.25) is 0 Å². The van der Waals surface area contributed by atoms with Gasteiger partial charge in [-0.15, -0.1) is 22.7 Å². The van der Waals surface area contributed by atoms with Crippen LogP contribution in [0, 0.1) is 0 Å². The Morgan fingerprint density at radius 3 is 2.52 bits per heavy atom. The lowest BCUT2D eigenvalue weighted by Gasteiger charge is -2.16. The monoisotopic (exact) mass is 320 g/mol. The summed E-state index contributed by atoms with van der Waals surface area (Å²) in [7, 11) is 2.04. The van der Waals surface area contributed by atoms with E-state index in [9.17, 15) is 0 Å². The summed E-state index contributed by atoms with van der Waals surface area (Å²) in [6.45, 7) is 6.83. The van der Waals surface area contributed by atoms with E-state index < -0.39 is 0 Å². The van der Waals surface area contributed by atoms with Crippen molar-refractivity contribution in [1.29, 1.82) is 0 Å². The Morgan fingerprint density at radius 1 is 1.14 bits per heavy atom. The van der Waals surface area contributed by atoms with Crippen molar-refractivity contribution in [2.45, 2.75) is 57.9 Å². The Kier molecular flexibility index (Phi) is 4.21. The summed E-state index contributed by atoms with van der Waals surface area (Å²) in [6, 6.07) is 4.80. The number of rotatable bonds is 3. The van der Waals surface area contributed by atoms with E-state index in [1.165, 1.54) is 51.0 Å². The Labute approximate surface area is 135 Å². The van der Waals surface area contributed by atoms with E-state index in [-0.39, 0.29) is 11.5 Å². The van der Waals surface area contributed by atoms with Crippen molar-refractivity contribution in [1.82, 2.24) is 10.3 Å². The molecule has 1 N–H and O–H groups in total. The van der Waals surface area contributed by atoms with Crippen LogP contribution in [0.4, 0.5) is 0 Å². The molecule has 2 aromatic heterocycles. The zero-order valence-corrected chi connectivity index (χ0v) is 15.0. The second kappa shape index (κ2) is 5.82. The average molecular weight is 321 g/mol. The molecule has 1 aliphatic rings. The summed E-state index contributed by atoms with van der Waals surface area (Å²) in [6.07, 6.45) is 5.01. The Hall–Kier alpha value is -0.710.